The molecule has 0 aromatic heterocycles. The van der Waals surface area contributed by atoms with Gasteiger partial charge in [-0.1, -0.05) is 54.6 Å². The highest BCUT2D eigenvalue weighted by Gasteiger charge is 2.34. The Kier molecular flexibility index (Phi) is 13.6. The molecule has 6 rings (SSSR count). The van der Waals surface area contributed by atoms with E-state index in [1.54, 1.807) is 11.8 Å². The third-order valence-corrected chi connectivity index (χ3v) is 10.8. The van der Waals surface area contributed by atoms with Crippen LogP contribution in [0.1, 0.15) is 29.2 Å². The van der Waals surface area contributed by atoms with E-state index in [0.717, 1.165) is 29.0 Å². The molecule has 2 heterocycles. The minimum absolute atomic E-state index is 0.0659. The Morgan fingerprint density at radius 2 is 1.37 bits per heavy atom. The number of ether oxygens (including phenoxy) is 1. The Labute approximate surface area is 334 Å². The van der Waals surface area contributed by atoms with Crippen LogP contribution in [0.2, 0.25) is 0 Å². The molecule has 1 unspecified atom stereocenters. The first kappa shape index (κ1) is 40.9. The average molecular weight is 779 g/mol. The second-order valence-electron chi connectivity index (χ2n) is 14.8. The van der Waals surface area contributed by atoms with Crippen molar-refractivity contribution in [2.24, 2.45) is 0 Å². The standard InChI is InChI=1S/C45H52F2N6O4/c1-33(54)50-26-28-51(29-27-50)39-18-12-36(13-19-39)32-53(42(55)21-15-37-14-20-41(57-4)44(47)43(37)46)40(30-34-8-6-5-7-9-34)45(56)52-24-22-49(23-25-52)31-35-10-16-38(17-11-35)48(2)3/h5-21,40H,22-32H2,1-4H3. The second kappa shape index (κ2) is 18.9. The van der Waals surface area contributed by atoms with Crippen LogP contribution in [0.4, 0.5) is 20.2 Å². The Morgan fingerprint density at radius 3 is 1.98 bits per heavy atom. The van der Waals surface area contributed by atoms with Crippen LogP contribution < -0.4 is 14.5 Å². The normalized spacial score (nSPS) is 15.4. The number of methoxy groups -OCH3 is 1. The van der Waals surface area contributed by atoms with Crippen molar-refractivity contribution < 1.29 is 27.9 Å². The van der Waals surface area contributed by atoms with Crippen LogP contribution in [0.15, 0.2) is 97.1 Å². The molecule has 300 valence electrons. The maximum Gasteiger partial charge on any atom is 0.247 e. The van der Waals surface area contributed by atoms with Crippen molar-refractivity contribution in [3.63, 3.8) is 0 Å². The number of halogens is 2. The summed E-state index contributed by atoms with van der Waals surface area (Å²) in [7, 11) is 5.28. The number of carbonyl (C=O) groups is 3. The van der Waals surface area contributed by atoms with Gasteiger partial charge >= 0.3 is 0 Å². The Bertz CT molecular complexity index is 2010. The largest absolute Gasteiger partial charge is 0.494 e. The number of anilines is 2. The molecule has 2 aliphatic heterocycles. The predicted octanol–water partition coefficient (Wildman–Crippen LogP) is 5.71. The lowest BCUT2D eigenvalue weighted by atomic mass is 10.0. The highest BCUT2D eigenvalue weighted by molar-refractivity contribution is 5.96. The van der Waals surface area contributed by atoms with Crippen LogP contribution in [0.25, 0.3) is 6.08 Å². The van der Waals surface area contributed by atoms with Gasteiger partial charge in [-0.2, -0.15) is 4.39 Å². The highest BCUT2D eigenvalue weighted by atomic mass is 19.2. The van der Waals surface area contributed by atoms with Gasteiger partial charge < -0.3 is 29.2 Å². The van der Waals surface area contributed by atoms with Crippen LogP contribution >= 0.6 is 0 Å². The van der Waals surface area contributed by atoms with Gasteiger partial charge in [-0.15, -0.1) is 0 Å². The van der Waals surface area contributed by atoms with E-state index < -0.39 is 23.6 Å². The Balaban J connectivity index is 1.25. The average Bonchev–Trinajstić information content (AvgIpc) is 3.23. The van der Waals surface area contributed by atoms with Crippen molar-refractivity contribution in [3.05, 3.63) is 131 Å². The summed E-state index contributed by atoms with van der Waals surface area (Å²) in [5, 5.41) is 0. The van der Waals surface area contributed by atoms with Gasteiger partial charge in [0.2, 0.25) is 23.5 Å². The van der Waals surface area contributed by atoms with Gasteiger partial charge in [-0.3, -0.25) is 19.3 Å². The molecule has 0 aliphatic carbocycles. The van der Waals surface area contributed by atoms with E-state index in [1.165, 1.54) is 37.0 Å². The van der Waals surface area contributed by atoms with Crippen LogP contribution in [0, 0.1) is 11.6 Å². The maximum atomic E-state index is 15.0. The Morgan fingerprint density at radius 1 is 0.737 bits per heavy atom. The topological polar surface area (TPSA) is 79.9 Å². The molecular formula is C45H52F2N6O4. The van der Waals surface area contributed by atoms with Crippen molar-refractivity contribution in [2.45, 2.75) is 32.5 Å². The second-order valence-corrected chi connectivity index (χ2v) is 14.8. The summed E-state index contributed by atoms with van der Waals surface area (Å²) < 4.78 is 34.6. The lowest BCUT2D eigenvalue weighted by Crippen LogP contribution is -2.56. The molecule has 2 aliphatic rings. The lowest BCUT2D eigenvalue weighted by molar-refractivity contribution is -0.145. The predicted molar refractivity (Wildman–Crippen MR) is 220 cm³/mol. The summed E-state index contributed by atoms with van der Waals surface area (Å²) in [6.07, 6.45) is 2.71. The molecule has 2 fully saturated rings. The summed E-state index contributed by atoms with van der Waals surface area (Å²) in [5.41, 5.74) is 4.91. The fourth-order valence-electron chi connectivity index (χ4n) is 7.38. The van der Waals surface area contributed by atoms with Crippen molar-refractivity contribution >= 4 is 35.2 Å². The summed E-state index contributed by atoms with van der Waals surface area (Å²) in [5.74, 6) is -3.13. The van der Waals surface area contributed by atoms with E-state index in [1.807, 2.05) is 78.5 Å². The fourth-order valence-corrected chi connectivity index (χ4v) is 7.38. The van der Waals surface area contributed by atoms with Gasteiger partial charge in [-0.05, 0) is 59.2 Å². The molecular weight excluding hydrogens is 727 g/mol. The summed E-state index contributed by atoms with van der Waals surface area (Å²) in [6.45, 7) is 7.52. The summed E-state index contributed by atoms with van der Waals surface area (Å²) in [4.78, 5) is 52.8. The molecule has 3 amide bonds. The van der Waals surface area contributed by atoms with E-state index in [4.69, 9.17) is 4.74 Å². The summed E-state index contributed by atoms with van der Waals surface area (Å²) in [6, 6.07) is 27.7. The van der Waals surface area contributed by atoms with Crippen LogP contribution in [0.3, 0.4) is 0 Å². The van der Waals surface area contributed by atoms with Crippen LogP contribution in [-0.2, 0) is 33.9 Å². The number of amides is 3. The number of carbonyl (C=O) groups excluding carboxylic acids is 3. The smallest absolute Gasteiger partial charge is 0.247 e. The maximum absolute atomic E-state index is 15.0. The zero-order valence-corrected chi connectivity index (χ0v) is 33.2. The molecule has 2 saturated heterocycles. The quantitative estimate of drug-likeness (QED) is 0.161. The Hall–Kier alpha value is -5.75. The molecule has 1 atom stereocenters. The molecule has 4 aromatic rings. The van der Waals surface area contributed by atoms with E-state index in [9.17, 15) is 18.8 Å². The third-order valence-electron chi connectivity index (χ3n) is 10.8. The van der Waals surface area contributed by atoms with Gasteiger partial charge in [0.05, 0.1) is 7.11 Å². The minimum Gasteiger partial charge on any atom is -0.494 e. The lowest BCUT2D eigenvalue weighted by Gasteiger charge is -2.39. The highest BCUT2D eigenvalue weighted by Crippen LogP contribution is 2.25. The number of benzene rings is 4. The van der Waals surface area contributed by atoms with Gasteiger partial charge in [0, 0.05) is 116 Å². The molecule has 0 saturated carbocycles. The van der Waals surface area contributed by atoms with E-state index in [0.29, 0.717) is 52.4 Å². The molecule has 0 bridgehead atoms. The number of hydrogen-bond donors (Lipinski definition) is 0. The zero-order valence-electron chi connectivity index (χ0n) is 33.2. The fraction of sp³-hybridized carbons (Fsp3) is 0.356. The molecule has 57 heavy (non-hydrogen) atoms. The zero-order chi connectivity index (χ0) is 40.5. The monoisotopic (exact) mass is 778 g/mol. The first-order chi connectivity index (χ1) is 27.5. The van der Waals surface area contributed by atoms with Crippen molar-refractivity contribution in [1.82, 2.24) is 19.6 Å². The van der Waals surface area contributed by atoms with Gasteiger partial charge in [0.15, 0.2) is 11.6 Å². The molecule has 4 aromatic carbocycles. The molecule has 0 radical (unpaired) electrons. The third kappa shape index (κ3) is 10.4. The summed E-state index contributed by atoms with van der Waals surface area (Å²) >= 11 is 0. The SMILES string of the molecule is COc1ccc(C=CC(=O)N(Cc2ccc(N3CCN(C(C)=O)CC3)cc2)C(Cc2ccccc2)C(=O)N2CCN(Cc3ccc(N(C)C)cc3)CC2)c(F)c1F. The van der Waals surface area contributed by atoms with Crippen LogP contribution in [-0.4, -0.2) is 117 Å². The molecule has 12 heteroatoms. The van der Waals surface area contributed by atoms with Crippen molar-refractivity contribution in [3.8, 4) is 5.75 Å². The van der Waals surface area contributed by atoms with Gasteiger partial charge in [-0.25, -0.2) is 4.39 Å². The van der Waals surface area contributed by atoms with Crippen LogP contribution in [0.5, 0.6) is 5.75 Å². The first-order valence-corrected chi connectivity index (χ1v) is 19.4. The molecule has 0 N–H and O–H groups in total. The van der Waals surface area contributed by atoms with E-state index in [2.05, 4.69) is 39.0 Å². The molecule has 10 nitrogen and oxygen atoms in total. The van der Waals surface area contributed by atoms with E-state index >= 15 is 4.39 Å². The number of nitrogens with zero attached hydrogens (tertiary/aromatic N) is 6. The van der Waals surface area contributed by atoms with Crippen molar-refractivity contribution in [1.29, 1.82) is 0 Å². The van der Waals surface area contributed by atoms with Crippen molar-refractivity contribution in [2.75, 3.05) is 83.4 Å². The minimum atomic E-state index is -1.14. The molecule has 0 spiro atoms. The van der Waals surface area contributed by atoms with Gasteiger partial charge in [0.25, 0.3) is 0 Å². The first-order valence-electron chi connectivity index (χ1n) is 19.4. The number of rotatable bonds is 13. The number of piperazine rings is 2. The number of hydrogen-bond acceptors (Lipinski definition) is 7. The van der Waals surface area contributed by atoms with Gasteiger partial charge in [0.1, 0.15) is 6.04 Å². The van der Waals surface area contributed by atoms with E-state index in [-0.39, 0.29) is 36.1 Å².